The van der Waals surface area contributed by atoms with Crippen molar-refractivity contribution >= 4 is 17.3 Å². The lowest BCUT2D eigenvalue weighted by Gasteiger charge is -2.05. The summed E-state index contributed by atoms with van der Waals surface area (Å²) in [4.78, 5) is 12.0. The van der Waals surface area contributed by atoms with Gasteiger partial charge in [0.05, 0.1) is 0 Å². The Bertz CT molecular complexity index is 618. The fourth-order valence-corrected chi connectivity index (χ4v) is 1.90. The van der Waals surface area contributed by atoms with Gasteiger partial charge in [-0.25, -0.2) is 5.43 Å². The number of benzene rings is 2. The number of nitrogens with one attached hydrogen (secondary N) is 1. The number of hydrogen-bond donors (Lipinski definition) is 2. The van der Waals surface area contributed by atoms with Crippen LogP contribution in [0.15, 0.2) is 59.7 Å². The summed E-state index contributed by atoms with van der Waals surface area (Å²) < 4.78 is 0. The molecule has 4 heteroatoms. The molecule has 0 unspecified atom stereocenters. The van der Waals surface area contributed by atoms with E-state index in [4.69, 9.17) is 5.73 Å². The Kier molecular flexibility index (Phi) is 5.10. The van der Waals surface area contributed by atoms with Crippen molar-refractivity contribution in [2.45, 2.75) is 19.8 Å². The molecular weight excluding hydrogens is 262 g/mol. The van der Waals surface area contributed by atoms with Crippen molar-refractivity contribution < 1.29 is 4.79 Å². The monoisotopic (exact) mass is 281 g/mol. The van der Waals surface area contributed by atoms with Gasteiger partial charge in [0.15, 0.2) is 0 Å². The summed E-state index contributed by atoms with van der Waals surface area (Å²) in [7, 11) is 0. The van der Waals surface area contributed by atoms with E-state index in [1.807, 2.05) is 37.3 Å². The highest BCUT2D eigenvalue weighted by atomic mass is 16.2. The van der Waals surface area contributed by atoms with E-state index in [-0.39, 0.29) is 5.91 Å². The predicted octanol–water partition coefficient (Wildman–Crippen LogP) is 3.01. The van der Waals surface area contributed by atoms with E-state index < -0.39 is 0 Å². The topological polar surface area (TPSA) is 67.5 Å². The van der Waals surface area contributed by atoms with E-state index in [9.17, 15) is 4.79 Å². The zero-order valence-electron chi connectivity index (χ0n) is 12.0. The Labute approximate surface area is 124 Å². The first-order valence-corrected chi connectivity index (χ1v) is 6.94. The number of hydrazone groups is 1. The molecule has 3 N–H and O–H groups in total. The molecule has 2 aromatic rings. The Morgan fingerprint density at radius 2 is 1.76 bits per heavy atom. The molecule has 0 radical (unpaired) electrons. The highest BCUT2D eigenvalue weighted by Crippen LogP contribution is 2.06. The zero-order chi connectivity index (χ0) is 15.1. The van der Waals surface area contributed by atoms with Gasteiger partial charge in [-0.05, 0) is 36.2 Å². The minimum atomic E-state index is -0.228. The van der Waals surface area contributed by atoms with Crippen molar-refractivity contribution in [1.29, 1.82) is 0 Å². The van der Waals surface area contributed by atoms with Gasteiger partial charge in [-0.2, -0.15) is 5.10 Å². The third kappa shape index (κ3) is 4.45. The first-order chi connectivity index (χ1) is 10.2. The van der Waals surface area contributed by atoms with E-state index >= 15 is 0 Å². The first-order valence-electron chi connectivity index (χ1n) is 6.94. The van der Waals surface area contributed by atoms with Gasteiger partial charge in [-0.1, -0.05) is 37.3 Å². The molecule has 1 amide bonds. The molecule has 0 aliphatic carbocycles. The number of nitrogens with two attached hydrogens (primary N) is 1. The third-order valence-electron chi connectivity index (χ3n) is 3.15. The van der Waals surface area contributed by atoms with Gasteiger partial charge in [0.1, 0.15) is 0 Å². The lowest BCUT2D eigenvalue weighted by atomic mass is 10.1. The lowest BCUT2D eigenvalue weighted by molar-refractivity contribution is 0.0954. The van der Waals surface area contributed by atoms with Gasteiger partial charge >= 0.3 is 0 Å². The first kappa shape index (κ1) is 14.8. The van der Waals surface area contributed by atoms with Crippen LogP contribution in [0.4, 0.5) is 5.69 Å². The van der Waals surface area contributed by atoms with E-state index in [0.717, 1.165) is 18.6 Å². The molecule has 21 heavy (non-hydrogen) atoms. The third-order valence-corrected chi connectivity index (χ3v) is 3.15. The molecule has 0 saturated carbocycles. The van der Waals surface area contributed by atoms with Crippen LogP contribution in [-0.2, 0) is 6.42 Å². The van der Waals surface area contributed by atoms with Gasteiger partial charge in [0, 0.05) is 23.4 Å². The number of nitrogens with zero attached hydrogens (tertiary/aromatic N) is 1. The number of carbonyl (C=O) groups is 1. The molecule has 2 aromatic carbocycles. The maximum Gasteiger partial charge on any atom is 0.271 e. The maximum absolute atomic E-state index is 12.0. The molecular formula is C17H19N3O. The van der Waals surface area contributed by atoms with E-state index in [2.05, 4.69) is 10.5 Å². The van der Waals surface area contributed by atoms with Crippen LogP contribution in [0.5, 0.6) is 0 Å². The lowest BCUT2D eigenvalue weighted by Crippen LogP contribution is -2.20. The van der Waals surface area contributed by atoms with Crippen molar-refractivity contribution in [2.75, 3.05) is 5.73 Å². The Balaban J connectivity index is 2.00. The summed E-state index contributed by atoms with van der Waals surface area (Å²) in [6, 6.07) is 16.8. The van der Waals surface area contributed by atoms with Gasteiger partial charge in [0.2, 0.25) is 0 Å². The Morgan fingerprint density at radius 1 is 1.10 bits per heavy atom. The number of hydrogen-bond acceptors (Lipinski definition) is 3. The number of carbonyl (C=O) groups excluding carboxylic acids is 1. The molecule has 0 bridgehead atoms. The zero-order valence-corrected chi connectivity index (χ0v) is 12.0. The van der Waals surface area contributed by atoms with Gasteiger partial charge in [-0.15, -0.1) is 0 Å². The molecule has 0 atom stereocenters. The standard InChI is InChI=1S/C17H19N3O/c1-2-16(12-13-6-4-3-5-7-13)19-20-17(21)14-8-10-15(18)11-9-14/h3-11H,2,12,18H2,1H3,(H,20,21)/b19-16-. The molecule has 2 rings (SSSR count). The second-order valence-corrected chi connectivity index (χ2v) is 4.76. The van der Waals surface area contributed by atoms with Crippen LogP contribution in [0.25, 0.3) is 0 Å². The number of rotatable bonds is 5. The molecule has 0 saturated heterocycles. The summed E-state index contributed by atoms with van der Waals surface area (Å²) in [6.07, 6.45) is 1.52. The number of anilines is 1. The Morgan fingerprint density at radius 3 is 2.38 bits per heavy atom. The molecule has 0 aromatic heterocycles. The average Bonchev–Trinajstić information content (AvgIpc) is 2.52. The average molecular weight is 281 g/mol. The van der Waals surface area contributed by atoms with Crippen LogP contribution in [0, 0.1) is 0 Å². The quantitative estimate of drug-likeness (QED) is 0.502. The SMILES string of the molecule is CC/C(Cc1ccccc1)=N/NC(=O)c1ccc(N)cc1. The number of amides is 1. The van der Waals surface area contributed by atoms with Gasteiger partial charge in [0.25, 0.3) is 5.91 Å². The van der Waals surface area contributed by atoms with Crippen LogP contribution in [-0.4, -0.2) is 11.6 Å². The normalized spacial score (nSPS) is 11.2. The van der Waals surface area contributed by atoms with Crippen molar-refractivity contribution in [3.63, 3.8) is 0 Å². The van der Waals surface area contributed by atoms with Crippen molar-refractivity contribution in [2.24, 2.45) is 5.10 Å². The summed E-state index contributed by atoms with van der Waals surface area (Å²) >= 11 is 0. The van der Waals surface area contributed by atoms with Crippen LogP contribution in [0.1, 0.15) is 29.3 Å². The highest BCUT2D eigenvalue weighted by molar-refractivity contribution is 5.96. The minimum Gasteiger partial charge on any atom is -0.399 e. The van der Waals surface area contributed by atoms with E-state index in [0.29, 0.717) is 11.3 Å². The van der Waals surface area contributed by atoms with Crippen LogP contribution in [0.2, 0.25) is 0 Å². The largest absolute Gasteiger partial charge is 0.399 e. The summed E-state index contributed by atoms with van der Waals surface area (Å²) in [5, 5.41) is 4.22. The molecule has 0 heterocycles. The smallest absolute Gasteiger partial charge is 0.271 e. The van der Waals surface area contributed by atoms with Crippen LogP contribution >= 0.6 is 0 Å². The van der Waals surface area contributed by atoms with E-state index in [1.54, 1.807) is 24.3 Å². The van der Waals surface area contributed by atoms with Crippen LogP contribution in [0.3, 0.4) is 0 Å². The fourth-order valence-electron chi connectivity index (χ4n) is 1.90. The summed E-state index contributed by atoms with van der Waals surface area (Å²) in [6.45, 7) is 2.02. The fraction of sp³-hybridized carbons (Fsp3) is 0.176. The molecule has 4 nitrogen and oxygen atoms in total. The van der Waals surface area contributed by atoms with Crippen molar-refractivity contribution in [3.8, 4) is 0 Å². The maximum atomic E-state index is 12.0. The summed E-state index contributed by atoms with van der Waals surface area (Å²) in [5.41, 5.74) is 11.5. The molecule has 0 fully saturated rings. The van der Waals surface area contributed by atoms with E-state index in [1.165, 1.54) is 5.56 Å². The molecule has 0 spiro atoms. The molecule has 108 valence electrons. The number of nitrogen functional groups attached to an aromatic ring is 1. The molecule has 0 aliphatic rings. The second kappa shape index (κ2) is 7.24. The summed E-state index contributed by atoms with van der Waals surface area (Å²) in [5.74, 6) is -0.228. The molecule has 0 aliphatic heterocycles. The highest BCUT2D eigenvalue weighted by Gasteiger charge is 2.05. The van der Waals surface area contributed by atoms with Crippen molar-refractivity contribution in [1.82, 2.24) is 5.43 Å². The van der Waals surface area contributed by atoms with Gasteiger partial charge < -0.3 is 5.73 Å². The predicted molar refractivity (Wildman–Crippen MR) is 86.2 cm³/mol. The van der Waals surface area contributed by atoms with Gasteiger partial charge in [-0.3, -0.25) is 4.79 Å². The second-order valence-electron chi connectivity index (χ2n) is 4.76. The minimum absolute atomic E-state index is 0.228. The van der Waals surface area contributed by atoms with Crippen molar-refractivity contribution in [3.05, 3.63) is 65.7 Å². The Hall–Kier alpha value is -2.62. The van der Waals surface area contributed by atoms with Crippen LogP contribution < -0.4 is 11.2 Å².